The van der Waals surface area contributed by atoms with Crippen LogP contribution in [-0.2, 0) is 34.3 Å². The first-order chi connectivity index (χ1) is 21.1. The van der Waals surface area contributed by atoms with E-state index in [1.165, 1.54) is 35.1 Å². The van der Waals surface area contributed by atoms with E-state index in [1.807, 2.05) is 7.05 Å². The number of fused-ring (bicyclic) bond motifs is 2. The van der Waals surface area contributed by atoms with Gasteiger partial charge in [-0.15, -0.1) is 21.5 Å². The van der Waals surface area contributed by atoms with Gasteiger partial charge in [0, 0.05) is 85.2 Å². The molecule has 4 aromatic rings. The molecule has 0 spiro atoms. The summed E-state index contributed by atoms with van der Waals surface area (Å²) in [6.45, 7) is 2.02. The van der Waals surface area contributed by atoms with Crippen LogP contribution >= 0.6 is 11.3 Å². The number of amides is 2. The number of tetrazole rings is 1. The summed E-state index contributed by atoms with van der Waals surface area (Å²) < 4.78 is 34.8. The van der Waals surface area contributed by atoms with Crippen molar-refractivity contribution >= 4 is 50.2 Å². The molecule has 2 amide bonds. The number of ether oxygens (including phenoxy) is 1. The van der Waals surface area contributed by atoms with Gasteiger partial charge in [-0.05, 0) is 19.5 Å². The number of aryl methyl sites for hydroxylation is 1. The van der Waals surface area contributed by atoms with Crippen LogP contribution in [0.25, 0.3) is 10.8 Å². The fourth-order valence-corrected chi connectivity index (χ4v) is 8.01. The molecular formula is C26H31N11O5S2. The minimum absolute atomic E-state index is 0.0766. The van der Waals surface area contributed by atoms with Crippen LogP contribution in [0.3, 0.4) is 0 Å². The molecule has 44 heavy (non-hydrogen) atoms. The van der Waals surface area contributed by atoms with E-state index >= 15 is 0 Å². The maximum atomic E-state index is 13.9. The Morgan fingerprint density at radius 3 is 2.80 bits per heavy atom. The summed E-state index contributed by atoms with van der Waals surface area (Å²) in [5.74, 6) is 0.0991. The number of nitrogens with one attached hydrogen (secondary N) is 3. The number of piperazine rings is 1. The van der Waals surface area contributed by atoms with E-state index in [4.69, 9.17) is 5.41 Å². The Morgan fingerprint density at radius 1 is 1.20 bits per heavy atom. The molecule has 2 aliphatic heterocycles. The number of hydrogen-bond acceptors (Lipinski definition) is 12. The highest BCUT2D eigenvalue weighted by atomic mass is 32.2. The van der Waals surface area contributed by atoms with Gasteiger partial charge in [-0.1, -0.05) is 17.3 Å². The molecule has 1 aromatic carbocycles. The fourth-order valence-electron chi connectivity index (χ4n) is 5.44. The van der Waals surface area contributed by atoms with E-state index in [1.54, 1.807) is 23.1 Å². The number of likely N-dealkylation sites (N-methyl/N-ethyl adjacent to an activating group) is 1. The summed E-state index contributed by atoms with van der Waals surface area (Å²) in [6.07, 6.45) is 3.83. The Labute approximate surface area is 256 Å². The standard InChI is InChI=1S/C26H31N11O5S2/c1-34-8-7-20-21(15-34)43-24(28-20)25(38)37-10-9-35(14-19(37)5-6-22-30-32-33-31-22)44(40,41)36-12-17-4-3-16(11-18(17)13-36)23(27)29-26(39)42-2/h3-4,11-13,19H,5-10,14-15H2,1-2H3,(H2,27,29,39)(H,30,31,32,33). The fraction of sp³-hybridized carbons (Fsp3) is 0.423. The molecule has 232 valence electrons. The van der Waals surface area contributed by atoms with Gasteiger partial charge in [0.15, 0.2) is 10.8 Å². The van der Waals surface area contributed by atoms with Gasteiger partial charge in [0.25, 0.3) is 5.91 Å². The zero-order valence-corrected chi connectivity index (χ0v) is 25.7. The molecule has 1 fully saturated rings. The van der Waals surface area contributed by atoms with Crippen LogP contribution < -0.4 is 5.32 Å². The molecule has 0 radical (unpaired) electrons. The number of aromatic nitrogens is 6. The number of carbonyl (C=O) groups is 2. The molecular weight excluding hydrogens is 610 g/mol. The van der Waals surface area contributed by atoms with E-state index in [2.05, 4.69) is 40.6 Å². The Balaban J connectivity index is 1.23. The number of rotatable bonds is 7. The van der Waals surface area contributed by atoms with Crippen LogP contribution in [0.1, 0.15) is 38.2 Å². The largest absolute Gasteiger partial charge is 0.453 e. The number of alkyl carbamates (subject to hydrolysis) is 1. The average molecular weight is 642 g/mol. The van der Waals surface area contributed by atoms with Gasteiger partial charge in [0.1, 0.15) is 5.84 Å². The van der Waals surface area contributed by atoms with Crippen LogP contribution in [0.5, 0.6) is 0 Å². The summed E-state index contributed by atoms with van der Waals surface area (Å²) in [5.41, 5.74) is 1.35. The van der Waals surface area contributed by atoms with Crippen LogP contribution in [0, 0.1) is 5.41 Å². The van der Waals surface area contributed by atoms with Gasteiger partial charge in [-0.2, -0.15) is 17.9 Å². The lowest BCUT2D eigenvalue weighted by atomic mass is 10.1. The van der Waals surface area contributed by atoms with Gasteiger partial charge in [-0.3, -0.25) is 15.5 Å². The molecule has 1 atom stereocenters. The van der Waals surface area contributed by atoms with Crippen molar-refractivity contribution in [1.82, 2.24) is 49.0 Å². The second kappa shape index (κ2) is 12.0. The van der Waals surface area contributed by atoms with Crippen LogP contribution in [0.15, 0.2) is 30.6 Å². The Morgan fingerprint density at radius 2 is 2.02 bits per heavy atom. The number of aromatic amines is 1. The normalized spacial score (nSPS) is 17.9. The molecule has 16 nitrogen and oxygen atoms in total. The number of benzene rings is 1. The molecule has 2 aliphatic rings. The third kappa shape index (κ3) is 5.92. The van der Waals surface area contributed by atoms with Crippen molar-refractivity contribution in [1.29, 1.82) is 5.41 Å². The highest BCUT2D eigenvalue weighted by molar-refractivity contribution is 7.87. The molecule has 6 rings (SSSR count). The number of methoxy groups -OCH3 is 1. The predicted molar refractivity (Wildman–Crippen MR) is 160 cm³/mol. The maximum Gasteiger partial charge on any atom is 0.412 e. The van der Waals surface area contributed by atoms with E-state index in [-0.39, 0.29) is 31.4 Å². The van der Waals surface area contributed by atoms with E-state index in [0.717, 1.165) is 34.1 Å². The first kappa shape index (κ1) is 29.8. The van der Waals surface area contributed by atoms with Crippen LogP contribution in [-0.4, -0.2) is 116 Å². The summed E-state index contributed by atoms with van der Waals surface area (Å²) in [7, 11) is -0.766. The zero-order valence-electron chi connectivity index (χ0n) is 24.1. The van der Waals surface area contributed by atoms with Crippen molar-refractivity contribution < 1.29 is 22.7 Å². The number of nitrogens with zero attached hydrogens (tertiary/aromatic N) is 8. The smallest absolute Gasteiger partial charge is 0.412 e. The van der Waals surface area contributed by atoms with Gasteiger partial charge >= 0.3 is 16.3 Å². The van der Waals surface area contributed by atoms with E-state index in [9.17, 15) is 18.0 Å². The molecule has 3 N–H and O–H groups in total. The van der Waals surface area contributed by atoms with Crippen LogP contribution in [0.2, 0.25) is 0 Å². The van der Waals surface area contributed by atoms with Crippen molar-refractivity contribution in [3.63, 3.8) is 0 Å². The van der Waals surface area contributed by atoms with E-state index in [0.29, 0.717) is 40.0 Å². The summed E-state index contributed by atoms with van der Waals surface area (Å²) in [4.78, 5) is 35.0. The van der Waals surface area contributed by atoms with Crippen molar-refractivity contribution in [3.05, 3.63) is 57.6 Å². The second-order valence-corrected chi connectivity index (χ2v) is 13.6. The number of thiazole rings is 1. The lowest BCUT2D eigenvalue weighted by molar-refractivity contribution is 0.0549. The second-order valence-electron chi connectivity index (χ2n) is 10.7. The Kier molecular flexibility index (Phi) is 8.14. The summed E-state index contributed by atoms with van der Waals surface area (Å²) in [5, 5.41) is 26.1. The molecule has 0 aliphatic carbocycles. The van der Waals surface area contributed by atoms with Gasteiger partial charge < -0.3 is 14.5 Å². The minimum atomic E-state index is -4.01. The molecule has 5 heterocycles. The molecule has 3 aromatic heterocycles. The average Bonchev–Trinajstić information content (AvgIpc) is 3.78. The third-order valence-corrected chi connectivity index (χ3v) is 10.6. The molecule has 0 saturated carbocycles. The Bertz CT molecular complexity index is 1820. The molecule has 1 saturated heterocycles. The first-order valence-corrected chi connectivity index (χ1v) is 16.1. The van der Waals surface area contributed by atoms with Crippen molar-refractivity contribution in [2.24, 2.45) is 0 Å². The monoisotopic (exact) mass is 641 g/mol. The summed E-state index contributed by atoms with van der Waals surface area (Å²) in [6, 6.07) is 4.47. The predicted octanol–water partition coefficient (Wildman–Crippen LogP) is 0.832. The highest BCUT2D eigenvalue weighted by Gasteiger charge is 2.38. The minimum Gasteiger partial charge on any atom is -0.453 e. The Hall–Kier alpha value is -4.26. The van der Waals surface area contributed by atoms with Crippen molar-refractivity contribution in [2.45, 2.75) is 31.8 Å². The highest BCUT2D eigenvalue weighted by Crippen LogP contribution is 2.28. The van der Waals surface area contributed by atoms with Gasteiger partial charge in [0.2, 0.25) is 0 Å². The first-order valence-electron chi connectivity index (χ1n) is 13.9. The zero-order chi connectivity index (χ0) is 31.0. The van der Waals surface area contributed by atoms with Crippen molar-refractivity contribution in [2.75, 3.05) is 40.3 Å². The number of carbonyl (C=O) groups excluding carboxylic acids is 2. The number of amidine groups is 1. The van der Waals surface area contributed by atoms with Crippen LogP contribution in [0.4, 0.5) is 4.79 Å². The molecule has 18 heteroatoms. The third-order valence-electron chi connectivity index (χ3n) is 7.82. The van der Waals surface area contributed by atoms with Gasteiger partial charge in [0.05, 0.1) is 12.8 Å². The molecule has 1 unspecified atom stereocenters. The van der Waals surface area contributed by atoms with E-state index < -0.39 is 22.3 Å². The quantitative estimate of drug-likeness (QED) is 0.192. The topological polar surface area (TPSA) is 195 Å². The van der Waals surface area contributed by atoms with Crippen molar-refractivity contribution in [3.8, 4) is 0 Å². The lowest BCUT2D eigenvalue weighted by Crippen LogP contribution is -2.57. The van der Waals surface area contributed by atoms with Gasteiger partial charge in [-0.25, -0.2) is 13.8 Å². The maximum absolute atomic E-state index is 13.9. The summed E-state index contributed by atoms with van der Waals surface area (Å²) >= 11 is 1.41. The number of H-pyrrole nitrogens is 1. The molecule has 0 bridgehead atoms. The lowest BCUT2D eigenvalue weighted by Gasteiger charge is -2.40. The SMILES string of the molecule is COC(=O)NC(=N)c1ccc2cn(S(=O)(=O)N3CCN(C(=O)c4nc5c(s4)CN(C)CC5)C(CCc4nn[nH]n4)C3)cc2c1. The number of hydrogen-bond donors (Lipinski definition) is 3.